The molecule has 28 heavy (non-hydrogen) atoms. The van der Waals surface area contributed by atoms with Gasteiger partial charge >= 0.3 is 0 Å². The molecule has 1 fully saturated rings. The Hall–Kier alpha value is -2.57. The number of rotatable bonds is 8. The number of carbonyl (C=O) groups is 2. The molecule has 0 aliphatic heterocycles. The van der Waals surface area contributed by atoms with Crippen molar-refractivity contribution in [2.24, 2.45) is 5.92 Å². The Kier molecular flexibility index (Phi) is 7.43. The first kappa shape index (κ1) is 21.7. The Morgan fingerprint density at radius 1 is 1.18 bits per heavy atom. The van der Waals surface area contributed by atoms with Crippen LogP contribution in [0.1, 0.15) is 66.7 Å². The second-order valence-electron chi connectivity index (χ2n) is 7.64. The van der Waals surface area contributed by atoms with Crippen LogP contribution >= 0.6 is 0 Å². The van der Waals surface area contributed by atoms with Crippen LogP contribution in [0.25, 0.3) is 0 Å². The fourth-order valence-electron chi connectivity index (χ4n) is 3.61. The fraction of sp³-hybridized carbons (Fsp3) is 0.571. The van der Waals surface area contributed by atoms with E-state index in [0.29, 0.717) is 17.2 Å². The lowest BCUT2D eigenvalue weighted by Gasteiger charge is -2.36. The number of allylic oxidation sites excluding steroid dienone is 3. The number of hydrogen-bond acceptors (Lipinski definition) is 6. The van der Waals surface area contributed by atoms with E-state index in [-0.39, 0.29) is 23.2 Å². The summed E-state index contributed by atoms with van der Waals surface area (Å²) < 4.78 is 0. The molecule has 7 nitrogen and oxygen atoms in total. The molecule has 1 atom stereocenters. The normalized spacial score (nSPS) is 18.2. The lowest BCUT2D eigenvalue weighted by Crippen LogP contribution is -2.51. The van der Waals surface area contributed by atoms with E-state index in [1.165, 1.54) is 19.6 Å². The zero-order valence-electron chi connectivity index (χ0n) is 17.5. The molecule has 1 heterocycles. The Balaban J connectivity index is 2.22. The van der Waals surface area contributed by atoms with Crippen LogP contribution in [0.15, 0.2) is 35.6 Å². The van der Waals surface area contributed by atoms with Crippen LogP contribution in [-0.4, -0.2) is 32.2 Å². The molecule has 0 saturated heterocycles. The highest BCUT2D eigenvalue weighted by Crippen LogP contribution is 2.37. The highest BCUT2D eigenvalue weighted by atomic mass is 16.2. The van der Waals surface area contributed by atoms with Gasteiger partial charge in [0.15, 0.2) is 5.78 Å². The van der Waals surface area contributed by atoms with E-state index >= 15 is 0 Å². The molecule has 152 valence electrons. The number of Topliss-reactive ketones (excluding diaryl/α,β-unsaturated/α-hetero) is 1. The first-order valence-corrected chi connectivity index (χ1v) is 9.90. The molecule has 0 aromatic carbocycles. The maximum atomic E-state index is 12.9. The van der Waals surface area contributed by atoms with Gasteiger partial charge in [-0.15, -0.1) is 0 Å². The summed E-state index contributed by atoms with van der Waals surface area (Å²) in [7, 11) is 0. The summed E-state index contributed by atoms with van der Waals surface area (Å²) in [5.74, 6) is 0.479. The molecule has 1 aliphatic carbocycles. The number of anilines is 1. The van der Waals surface area contributed by atoms with Gasteiger partial charge in [0.05, 0.1) is 5.70 Å². The largest absolute Gasteiger partial charge is 0.347 e. The van der Waals surface area contributed by atoms with Crippen molar-refractivity contribution < 1.29 is 9.59 Å². The van der Waals surface area contributed by atoms with Crippen molar-refractivity contribution in [1.82, 2.24) is 20.3 Å². The number of nitrogens with zero attached hydrogens (tertiary/aromatic N) is 3. The molecule has 1 amide bonds. The molecule has 0 bridgehead atoms. The van der Waals surface area contributed by atoms with Crippen LogP contribution in [0.3, 0.4) is 0 Å². The predicted octanol–water partition coefficient (Wildman–Crippen LogP) is 3.57. The zero-order chi connectivity index (χ0) is 20.7. The summed E-state index contributed by atoms with van der Waals surface area (Å²) in [4.78, 5) is 36.7. The van der Waals surface area contributed by atoms with Gasteiger partial charge in [-0.25, -0.2) is 15.0 Å². The Bertz CT molecular complexity index is 764. The van der Waals surface area contributed by atoms with E-state index in [1.54, 1.807) is 13.0 Å². The summed E-state index contributed by atoms with van der Waals surface area (Å²) in [6.45, 7) is 9.46. The van der Waals surface area contributed by atoms with E-state index in [2.05, 4.69) is 39.4 Å². The van der Waals surface area contributed by atoms with Crippen molar-refractivity contribution in [3.63, 3.8) is 0 Å². The first-order chi connectivity index (χ1) is 13.3. The van der Waals surface area contributed by atoms with E-state index < -0.39 is 0 Å². The number of aromatic nitrogens is 3. The van der Waals surface area contributed by atoms with Crippen LogP contribution in [0.5, 0.6) is 0 Å². The molecule has 1 aromatic rings. The molecule has 1 aliphatic rings. The maximum Gasteiger partial charge on any atom is 0.247 e. The Labute approximate surface area is 167 Å². The van der Waals surface area contributed by atoms with Gasteiger partial charge in [0.25, 0.3) is 0 Å². The summed E-state index contributed by atoms with van der Waals surface area (Å²) in [6.07, 6.45) is 9.75. The lowest BCUT2D eigenvalue weighted by atomic mass is 9.81. The number of carbonyl (C=O) groups excluding carboxylic acids is 2. The van der Waals surface area contributed by atoms with Gasteiger partial charge in [-0.1, -0.05) is 33.1 Å². The third-order valence-electron chi connectivity index (χ3n) is 5.83. The average molecular weight is 386 g/mol. The smallest absolute Gasteiger partial charge is 0.247 e. The van der Waals surface area contributed by atoms with Gasteiger partial charge in [-0.2, -0.15) is 0 Å². The molecule has 1 saturated carbocycles. The molecule has 7 heteroatoms. The third kappa shape index (κ3) is 5.24. The topological polar surface area (TPSA) is 96.9 Å². The minimum atomic E-state index is -0.167. The van der Waals surface area contributed by atoms with Crippen LogP contribution in [0, 0.1) is 5.92 Å². The van der Waals surface area contributed by atoms with E-state index in [4.69, 9.17) is 0 Å². The number of amides is 1. The third-order valence-corrected chi connectivity index (χ3v) is 5.83. The second-order valence-corrected chi connectivity index (χ2v) is 7.64. The predicted molar refractivity (Wildman–Crippen MR) is 109 cm³/mol. The van der Waals surface area contributed by atoms with E-state index in [9.17, 15) is 9.59 Å². The standard InChI is InChI=1S/C21H31N5O2/c1-6-15(3)21(9-7-8-10-21)26-19(28)16(4)14(2)11-18(17(5)27)25-20-23-12-22-13-24-20/h11-13,15H,6-10H2,1-5H3,(H,26,28)(H,22,23,24,25)/b16-14+,18-11+. The minimum absolute atomic E-state index is 0.0704. The molecule has 0 spiro atoms. The van der Waals surface area contributed by atoms with E-state index in [0.717, 1.165) is 37.7 Å². The van der Waals surface area contributed by atoms with Crippen molar-refractivity contribution in [3.8, 4) is 0 Å². The maximum absolute atomic E-state index is 12.9. The molecule has 1 aromatic heterocycles. The fourth-order valence-corrected chi connectivity index (χ4v) is 3.61. The zero-order valence-corrected chi connectivity index (χ0v) is 17.5. The monoisotopic (exact) mass is 385 g/mol. The van der Waals surface area contributed by atoms with Crippen LogP contribution in [-0.2, 0) is 9.59 Å². The second kappa shape index (κ2) is 9.57. The minimum Gasteiger partial charge on any atom is -0.347 e. The van der Waals surface area contributed by atoms with Crippen molar-refractivity contribution in [2.75, 3.05) is 5.32 Å². The van der Waals surface area contributed by atoms with Gasteiger partial charge in [0, 0.05) is 18.0 Å². The van der Waals surface area contributed by atoms with Crippen molar-refractivity contribution in [2.45, 2.75) is 72.3 Å². The van der Waals surface area contributed by atoms with Crippen molar-refractivity contribution in [3.05, 3.63) is 35.6 Å². The van der Waals surface area contributed by atoms with Crippen LogP contribution < -0.4 is 10.6 Å². The lowest BCUT2D eigenvalue weighted by molar-refractivity contribution is -0.120. The quantitative estimate of drug-likeness (QED) is 0.524. The number of hydrogen-bond donors (Lipinski definition) is 2. The summed E-state index contributed by atoms with van der Waals surface area (Å²) in [5, 5.41) is 6.21. The van der Waals surface area contributed by atoms with Crippen molar-refractivity contribution >= 4 is 17.6 Å². The molecular weight excluding hydrogens is 354 g/mol. The van der Waals surface area contributed by atoms with Gasteiger partial charge < -0.3 is 10.6 Å². The summed E-state index contributed by atoms with van der Waals surface area (Å²) in [5.41, 5.74) is 1.53. The first-order valence-electron chi connectivity index (χ1n) is 9.90. The summed E-state index contributed by atoms with van der Waals surface area (Å²) >= 11 is 0. The molecule has 2 N–H and O–H groups in total. The van der Waals surface area contributed by atoms with Gasteiger partial charge in [0.1, 0.15) is 12.7 Å². The van der Waals surface area contributed by atoms with E-state index in [1.807, 2.05) is 6.92 Å². The summed E-state index contributed by atoms with van der Waals surface area (Å²) in [6, 6.07) is 0. The Morgan fingerprint density at radius 3 is 2.32 bits per heavy atom. The molecule has 0 radical (unpaired) electrons. The van der Waals surface area contributed by atoms with Gasteiger partial charge in [-0.05, 0) is 44.3 Å². The molecule has 1 unspecified atom stereocenters. The van der Waals surface area contributed by atoms with Crippen molar-refractivity contribution in [1.29, 1.82) is 0 Å². The van der Waals surface area contributed by atoms with Crippen LogP contribution in [0.2, 0.25) is 0 Å². The van der Waals surface area contributed by atoms with Crippen LogP contribution in [0.4, 0.5) is 5.95 Å². The highest BCUT2D eigenvalue weighted by Gasteiger charge is 2.39. The number of ketones is 1. The molecular formula is C21H31N5O2. The molecule has 2 rings (SSSR count). The highest BCUT2D eigenvalue weighted by molar-refractivity contribution is 5.98. The van der Waals surface area contributed by atoms with Gasteiger partial charge in [-0.3, -0.25) is 9.59 Å². The number of nitrogens with one attached hydrogen (secondary N) is 2. The Morgan fingerprint density at radius 2 is 1.79 bits per heavy atom. The average Bonchev–Trinajstić information content (AvgIpc) is 3.16. The van der Waals surface area contributed by atoms with Gasteiger partial charge in [0.2, 0.25) is 11.9 Å². The SMILES string of the molecule is CCC(C)C1(NC(=O)/C(C)=C(C)/C=C(/Nc2ncncn2)C(C)=O)CCCC1.